The lowest BCUT2D eigenvalue weighted by molar-refractivity contribution is 0.567. The molecule has 0 aliphatic carbocycles. The first-order valence-electron chi connectivity index (χ1n) is 22.5. The lowest BCUT2D eigenvalue weighted by atomic mass is 9.80. The first-order chi connectivity index (χ1) is 29.7. The van der Waals surface area contributed by atoms with Crippen LogP contribution in [0.5, 0.6) is 0 Å². The summed E-state index contributed by atoms with van der Waals surface area (Å²) in [5, 5.41) is 17.1. The van der Waals surface area contributed by atoms with Gasteiger partial charge in [-0.2, -0.15) is 5.26 Å². The maximum atomic E-state index is 9.70. The van der Waals surface area contributed by atoms with E-state index in [2.05, 4.69) is 224 Å². The van der Waals surface area contributed by atoms with Crippen LogP contribution < -0.4 is 0 Å². The van der Waals surface area contributed by atoms with Gasteiger partial charge >= 0.3 is 0 Å². The highest BCUT2D eigenvalue weighted by Gasteiger charge is 2.28. The minimum Gasteiger partial charge on any atom is -0.309 e. The number of nitriles is 1. The second kappa shape index (κ2) is 13.7. The standard InChI is InChI=1S/C59H58N4/c1-56(2,3)37-29-38(57(4,5)6)32-42(31-37)62-49-20-16-14-18-47(49)53-51(62)28-26-45-44-25-27-50-52(46-17-13-15-19-48(46)61(50)41-23-21-36(35-60)22-24-41)54(44)63(55(45)53)43-33-39(58(7,8)9)30-40(34-43)59(10,11)12/h13-34H,1-12H3. The summed E-state index contributed by atoms with van der Waals surface area (Å²) in [5.74, 6) is 0. The number of hydrogen-bond acceptors (Lipinski definition) is 1. The normalized spacial score (nSPS) is 13.1. The lowest BCUT2D eigenvalue weighted by Crippen LogP contribution is -2.17. The minimum absolute atomic E-state index is 0.0282. The summed E-state index contributed by atoms with van der Waals surface area (Å²) in [6.07, 6.45) is 0. The Morgan fingerprint density at radius 1 is 0.349 bits per heavy atom. The molecule has 0 atom stereocenters. The first-order valence-corrected chi connectivity index (χ1v) is 22.5. The van der Waals surface area contributed by atoms with Gasteiger partial charge in [-0.05, 0) is 117 Å². The van der Waals surface area contributed by atoms with Crippen molar-refractivity contribution in [3.8, 4) is 23.1 Å². The van der Waals surface area contributed by atoms with Crippen molar-refractivity contribution in [1.82, 2.24) is 13.7 Å². The van der Waals surface area contributed by atoms with E-state index < -0.39 is 0 Å². The third-order valence-electron chi connectivity index (χ3n) is 13.4. The molecule has 0 unspecified atom stereocenters. The van der Waals surface area contributed by atoms with Gasteiger partial charge < -0.3 is 13.7 Å². The SMILES string of the molecule is CC(C)(C)c1cc(-n2c3ccccc3c3c2ccc2c4ccc5c(c6ccccc6n5-c5ccc(C#N)cc5)c4n(-c4cc(C(C)(C)C)cc(C(C)(C)C)c4)c23)cc(C(C)(C)C)c1. The minimum atomic E-state index is -0.0795. The highest BCUT2D eigenvalue weighted by Crippen LogP contribution is 2.47. The third kappa shape index (κ3) is 6.38. The van der Waals surface area contributed by atoms with Crippen LogP contribution >= 0.6 is 0 Å². The average Bonchev–Trinajstić information content (AvgIpc) is 3.88. The molecule has 0 radical (unpaired) electrons. The fraction of sp³-hybridized carbons (Fsp3) is 0.271. The Labute approximate surface area is 372 Å². The Kier molecular flexibility index (Phi) is 8.82. The van der Waals surface area contributed by atoms with Gasteiger partial charge in [0, 0.05) is 49.4 Å². The van der Waals surface area contributed by atoms with Crippen LogP contribution in [-0.4, -0.2) is 13.7 Å². The van der Waals surface area contributed by atoms with Gasteiger partial charge in [0.15, 0.2) is 0 Å². The summed E-state index contributed by atoms with van der Waals surface area (Å²) in [4.78, 5) is 0. The van der Waals surface area contributed by atoms with Gasteiger partial charge in [0.1, 0.15) is 0 Å². The zero-order valence-corrected chi connectivity index (χ0v) is 39.0. The van der Waals surface area contributed by atoms with Crippen LogP contribution in [0.1, 0.15) is 111 Å². The molecule has 10 aromatic rings. The molecule has 0 amide bonds. The summed E-state index contributed by atoms with van der Waals surface area (Å²) >= 11 is 0. The molecule has 0 aliphatic heterocycles. The predicted molar refractivity (Wildman–Crippen MR) is 269 cm³/mol. The highest BCUT2D eigenvalue weighted by molar-refractivity contribution is 6.31. The third-order valence-corrected chi connectivity index (χ3v) is 13.4. The second-order valence-electron chi connectivity index (χ2n) is 21.9. The maximum Gasteiger partial charge on any atom is 0.0991 e. The van der Waals surface area contributed by atoms with E-state index in [9.17, 15) is 5.26 Å². The van der Waals surface area contributed by atoms with Gasteiger partial charge in [0.05, 0.1) is 44.7 Å². The second-order valence-corrected chi connectivity index (χ2v) is 21.9. The lowest BCUT2D eigenvalue weighted by Gasteiger charge is -2.27. The Hall–Kier alpha value is -6.57. The van der Waals surface area contributed by atoms with Gasteiger partial charge in [-0.3, -0.25) is 0 Å². The molecule has 0 saturated heterocycles. The molecule has 0 aliphatic rings. The van der Waals surface area contributed by atoms with E-state index in [1.165, 1.54) is 88.0 Å². The molecular weight excluding hydrogens is 765 g/mol. The number of para-hydroxylation sites is 2. The Bertz CT molecular complexity index is 3460. The van der Waals surface area contributed by atoms with E-state index in [-0.39, 0.29) is 21.7 Å². The fourth-order valence-corrected chi connectivity index (χ4v) is 9.81. The molecule has 3 heterocycles. The van der Waals surface area contributed by atoms with Crippen molar-refractivity contribution in [3.05, 3.63) is 161 Å². The zero-order chi connectivity index (χ0) is 44.5. The molecule has 0 spiro atoms. The summed E-state index contributed by atoms with van der Waals surface area (Å²) < 4.78 is 7.52. The molecule has 0 saturated carbocycles. The number of nitrogens with zero attached hydrogens (tertiary/aromatic N) is 4. The smallest absolute Gasteiger partial charge is 0.0991 e. The quantitative estimate of drug-likeness (QED) is 0.175. The van der Waals surface area contributed by atoms with Crippen molar-refractivity contribution in [2.75, 3.05) is 0 Å². The fourth-order valence-electron chi connectivity index (χ4n) is 9.81. The molecule has 63 heavy (non-hydrogen) atoms. The van der Waals surface area contributed by atoms with Crippen molar-refractivity contribution in [1.29, 1.82) is 5.26 Å². The Morgan fingerprint density at radius 3 is 1.10 bits per heavy atom. The molecule has 3 aromatic heterocycles. The van der Waals surface area contributed by atoms with E-state index in [1.54, 1.807) is 0 Å². The number of fused-ring (bicyclic) bond motifs is 11. The zero-order valence-electron chi connectivity index (χ0n) is 39.0. The van der Waals surface area contributed by atoms with Crippen molar-refractivity contribution in [2.45, 2.75) is 105 Å². The number of benzene rings is 7. The van der Waals surface area contributed by atoms with Crippen molar-refractivity contribution in [2.24, 2.45) is 0 Å². The molecule has 0 bridgehead atoms. The topological polar surface area (TPSA) is 38.6 Å². The summed E-state index contributed by atoms with van der Waals surface area (Å²) in [5.41, 5.74) is 16.2. The molecule has 0 fully saturated rings. The number of hydrogen-bond donors (Lipinski definition) is 0. The summed E-state index contributed by atoms with van der Waals surface area (Å²) in [7, 11) is 0. The van der Waals surface area contributed by atoms with Gasteiger partial charge in [-0.1, -0.05) is 144 Å². The van der Waals surface area contributed by atoms with Crippen LogP contribution in [-0.2, 0) is 21.7 Å². The molecule has 4 heteroatoms. The maximum absolute atomic E-state index is 9.70. The van der Waals surface area contributed by atoms with Crippen LogP contribution in [0.2, 0.25) is 0 Å². The van der Waals surface area contributed by atoms with Crippen molar-refractivity contribution < 1.29 is 0 Å². The highest BCUT2D eigenvalue weighted by atomic mass is 15.0. The van der Waals surface area contributed by atoms with E-state index in [0.29, 0.717) is 5.56 Å². The molecule has 0 N–H and O–H groups in total. The Morgan fingerprint density at radius 2 is 0.714 bits per heavy atom. The van der Waals surface area contributed by atoms with Crippen LogP contribution in [0, 0.1) is 11.3 Å². The monoisotopic (exact) mass is 822 g/mol. The van der Waals surface area contributed by atoms with E-state index >= 15 is 0 Å². The van der Waals surface area contributed by atoms with Crippen molar-refractivity contribution in [3.63, 3.8) is 0 Å². The number of rotatable bonds is 3. The van der Waals surface area contributed by atoms with E-state index in [4.69, 9.17) is 0 Å². The van der Waals surface area contributed by atoms with Crippen LogP contribution in [0.3, 0.4) is 0 Å². The molecule has 7 aromatic carbocycles. The predicted octanol–water partition coefficient (Wildman–Crippen LogP) is 16.0. The summed E-state index contributed by atoms with van der Waals surface area (Å²) in [6, 6.07) is 52.1. The van der Waals surface area contributed by atoms with Gasteiger partial charge in [-0.25, -0.2) is 0 Å². The van der Waals surface area contributed by atoms with Crippen LogP contribution in [0.4, 0.5) is 0 Å². The molecule has 4 nitrogen and oxygen atoms in total. The van der Waals surface area contributed by atoms with Crippen LogP contribution in [0.25, 0.3) is 82.5 Å². The average molecular weight is 823 g/mol. The molecule has 314 valence electrons. The van der Waals surface area contributed by atoms with Gasteiger partial charge in [-0.15, -0.1) is 0 Å². The first kappa shape index (κ1) is 40.5. The largest absolute Gasteiger partial charge is 0.309 e. The Balaban J connectivity index is 1.45. The number of aromatic nitrogens is 3. The van der Waals surface area contributed by atoms with Gasteiger partial charge in [0.25, 0.3) is 0 Å². The molecular formula is C59H58N4. The van der Waals surface area contributed by atoms with E-state index in [1.807, 2.05) is 12.1 Å². The van der Waals surface area contributed by atoms with Crippen molar-refractivity contribution >= 4 is 65.4 Å². The van der Waals surface area contributed by atoms with Gasteiger partial charge in [0.2, 0.25) is 0 Å². The molecule has 10 rings (SSSR count). The van der Waals surface area contributed by atoms with Crippen LogP contribution in [0.15, 0.2) is 133 Å². The van der Waals surface area contributed by atoms with E-state index in [0.717, 1.165) is 16.7 Å². The summed E-state index contributed by atoms with van der Waals surface area (Å²) in [6.45, 7) is 27.9.